The van der Waals surface area contributed by atoms with E-state index in [0.717, 1.165) is 22.2 Å². The number of rotatable bonds is 11. The Morgan fingerprint density at radius 2 is 1.71 bits per heavy atom. The minimum atomic E-state index is -0.547. The van der Waals surface area contributed by atoms with Crippen molar-refractivity contribution in [2.75, 3.05) is 39.6 Å². The first-order chi connectivity index (χ1) is 21.5. The minimum Gasteiger partial charge on any atom is -0.496 e. The molecule has 0 aliphatic carbocycles. The van der Waals surface area contributed by atoms with Crippen molar-refractivity contribution in [2.45, 2.75) is 39.2 Å². The van der Waals surface area contributed by atoms with Gasteiger partial charge in [-0.1, -0.05) is 24.3 Å². The van der Waals surface area contributed by atoms with Gasteiger partial charge in [0.25, 0.3) is 11.8 Å². The summed E-state index contributed by atoms with van der Waals surface area (Å²) < 4.78 is 10.9. The van der Waals surface area contributed by atoms with Crippen LogP contribution in [0.15, 0.2) is 67.0 Å². The molecule has 4 aromatic rings. The molecule has 236 valence electrons. The summed E-state index contributed by atoms with van der Waals surface area (Å²) in [6.45, 7) is 6.41. The molecule has 0 spiro atoms. The van der Waals surface area contributed by atoms with Gasteiger partial charge in [0.2, 0.25) is 0 Å². The number of ether oxygens (including phenoxy) is 2. The highest BCUT2D eigenvalue weighted by Crippen LogP contribution is 2.38. The molecule has 2 heterocycles. The van der Waals surface area contributed by atoms with E-state index in [4.69, 9.17) is 9.47 Å². The number of benzene rings is 2. The second kappa shape index (κ2) is 14.5. The molecule has 0 radical (unpaired) electrons. The average Bonchev–Trinajstić information content (AvgIpc) is 3.03. The number of amides is 3. The van der Waals surface area contributed by atoms with Crippen LogP contribution in [0.1, 0.15) is 54.5 Å². The first-order valence-corrected chi connectivity index (χ1v) is 14.7. The molecule has 2 aromatic carbocycles. The maximum absolute atomic E-state index is 13.1. The Morgan fingerprint density at radius 3 is 2.36 bits per heavy atom. The zero-order chi connectivity index (χ0) is 32.6. The zero-order valence-electron chi connectivity index (χ0n) is 26.6. The third-order valence-electron chi connectivity index (χ3n) is 6.93. The van der Waals surface area contributed by atoms with Crippen molar-refractivity contribution >= 4 is 40.2 Å². The fourth-order valence-corrected chi connectivity index (χ4v) is 4.68. The topological polar surface area (TPSA) is 135 Å². The number of nitrogens with zero attached hydrogens (tertiary/aromatic N) is 3. The second-order valence-corrected chi connectivity index (χ2v) is 11.5. The van der Waals surface area contributed by atoms with Gasteiger partial charge in [0.15, 0.2) is 0 Å². The van der Waals surface area contributed by atoms with E-state index in [0.29, 0.717) is 54.1 Å². The van der Waals surface area contributed by atoms with E-state index in [-0.39, 0.29) is 11.8 Å². The van der Waals surface area contributed by atoms with Gasteiger partial charge < -0.3 is 30.3 Å². The molecule has 11 heteroatoms. The molecule has 3 N–H and O–H groups in total. The van der Waals surface area contributed by atoms with E-state index in [9.17, 15) is 14.4 Å². The fourth-order valence-electron chi connectivity index (χ4n) is 4.68. The number of nitrogens with one attached hydrogen (secondary N) is 3. The lowest BCUT2D eigenvalue weighted by Gasteiger charge is -2.20. The Kier molecular flexibility index (Phi) is 10.6. The SMILES string of the molecule is CNC(=O)c1cnc2cc(OC)c(-c3ccc(C(=O)N(C)CCCCNC(=O)OC(C)(C)C)nc3)cc2c1Nc1ccccc1. The highest BCUT2D eigenvalue weighted by atomic mass is 16.6. The summed E-state index contributed by atoms with van der Waals surface area (Å²) in [6, 6.07) is 16.8. The quantitative estimate of drug-likeness (QED) is 0.181. The van der Waals surface area contributed by atoms with Crippen LogP contribution in [0.2, 0.25) is 0 Å². The van der Waals surface area contributed by atoms with Crippen LogP contribution in [-0.4, -0.2) is 72.7 Å². The summed E-state index contributed by atoms with van der Waals surface area (Å²) in [5.41, 5.74) is 3.69. The summed E-state index contributed by atoms with van der Waals surface area (Å²) in [7, 11) is 4.88. The van der Waals surface area contributed by atoms with Gasteiger partial charge in [-0.05, 0) is 57.9 Å². The van der Waals surface area contributed by atoms with Crippen molar-refractivity contribution in [3.63, 3.8) is 0 Å². The number of carbonyl (C=O) groups is 3. The van der Waals surface area contributed by atoms with Gasteiger partial charge in [0.1, 0.15) is 17.0 Å². The van der Waals surface area contributed by atoms with Crippen LogP contribution in [0.5, 0.6) is 5.75 Å². The third-order valence-corrected chi connectivity index (χ3v) is 6.93. The van der Waals surface area contributed by atoms with Gasteiger partial charge in [-0.2, -0.15) is 0 Å². The van der Waals surface area contributed by atoms with Crippen molar-refractivity contribution in [3.8, 4) is 16.9 Å². The number of anilines is 2. The molecule has 0 bridgehead atoms. The molecule has 2 aromatic heterocycles. The van der Waals surface area contributed by atoms with Crippen LogP contribution in [0.3, 0.4) is 0 Å². The lowest BCUT2D eigenvalue weighted by atomic mass is 10.0. The summed E-state index contributed by atoms with van der Waals surface area (Å²) in [6.07, 6.45) is 4.13. The number of pyridine rings is 2. The normalized spacial score (nSPS) is 11.1. The molecular weight excluding hydrogens is 572 g/mol. The van der Waals surface area contributed by atoms with Crippen molar-refractivity contribution in [3.05, 3.63) is 78.2 Å². The Hall–Kier alpha value is -5.19. The molecule has 0 fully saturated rings. The van der Waals surface area contributed by atoms with Crippen molar-refractivity contribution in [1.29, 1.82) is 0 Å². The number of alkyl carbamates (subject to hydrolysis) is 1. The highest BCUT2D eigenvalue weighted by molar-refractivity contribution is 6.09. The Bertz CT molecular complexity index is 1650. The van der Waals surface area contributed by atoms with E-state index in [1.807, 2.05) is 69.3 Å². The number of unbranched alkanes of at least 4 members (excludes halogenated alkanes) is 1. The molecule has 0 aliphatic rings. The van der Waals surface area contributed by atoms with Gasteiger partial charge >= 0.3 is 6.09 Å². The first-order valence-electron chi connectivity index (χ1n) is 14.7. The number of hydrogen-bond acceptors (Lipinski definition) is 8. The number of hydrogen-bond donors (Lipinski definition) is 3. The van der Waals surface area contributed by atoms with Crippen LogP contribution >= 0.6 is 0 Å². The standard InChI is InChI=1S/C34H40N6O5/c1-34(2,3)45-33(43)36-16-10-11-17-40(5)32(42)27-15-14-22(20-37-27)24-18-25-28(19-29(24)44-6)38-21-26(31(41)35-4)30(25)39-23-12-8-7-9-13-23/h7-9,12-15,18-21H,10-11,16-17H2,1-6H3,(H,35,41)(H,36,43)(H,38,39). The molecule has 4 rings (SSSR count). The van der Waals surface area contributed by atoms with Crippen molar-refractivity contribution in [1.82, 2.24) is 25.5 Å². The summed E-state index contributed by atoms with van der Waals surface area (Å²) in [4.78, 5) is 48.3. The molecule has 0 saturated heterocycles. The molecule has 45 heavy (non-hydrogen) atoms. The van der Waals surface area contributed by atoms with Gasteiger partial charge in [0.05, 0.1) is 23.9 Å². The molecule has 0 aliphatic heterocycles. The Labute approximate surface area is 263 Å². The minimum absolute atomic E-state index is 0.208. The fraction of sp³-hybridized carbons (Fsp3) is 0.324. The van der Waals surface area contributed by atoms with Crippen LogP contribution in [0.4, 0.5) is 16.2 Å². The average molecular weight is 613 g/mol. The van der Waals surface area contributed by atoms with Gasteiger partial charge in [-0.3, -0.25) is 19.6 Å². The van der Waals surface area contributed by atoms with Crippen molar-refractivity contribution < 1.29 is 23.9 Å². The van der Waals surface area contributed by atoms with Crippen LogP contribution < -0.4 is 20.7 Å². The maximum Gasteiger partial charge on any atom is 0.407 e. The molecular formula is C34H40N6O5. The third kappa shape index (κ3) is 8.47. The van der Waals surface area contributed by atoms with Crippen LogP contribution in [0, 0.1) is 0 Å². The van der Waals surface area contributed by atoms with Gasteiger partial charge in [0, 0.05) is 67.8 Å². The second-order valence-electron chi connectivity index (χ2n) is 11.5. The van der Waals surface area contributed by atoms with Gasteiger partial charge in [-0.15, -0.1) is 0 Å². The lowest BCUT2D eigenvalue weighted by molar-refractivity contribution is 0.0525. The van der Waals surface area contributed by atoms with Crippen LogP contribution in [0.25, 0.3) is 22.0 Å². The predicted octanol–water partition coefficient (Wildman–Crippen LogP) is 5.79. The number of methoxy groups -OCH3 is 1. The Balaban J connectivity index is 1.52. The van der Waals surface area contributed by atoms with Gasteiger partial charge in [-0.25, -0.2) is 4.79 Å². The number of carbonyl (C=O) groups excluding carboxylic acids is 3. The largest absolute Gasteiger partial charge is 0.496 e. The highest BCUT2D eigenvalue weighted by Gasteiger charge is 2.20. The predicted molar refractivity (Wildman–Crippen MR) is 175 cm³/mol. The Morgan fingerprint density at radius 1 is 0.956 bits per heavy atom. The van der Waals surface area contributed by atoms with E-state index in [1.54, 1.807) is 44.6 Å². The smallest absolute Gasteiger partial charge is 0.407 e. The first kappa shape index (κ1) is 32.7. The molecule has 3 amide bonds. The monoisotopic (exact) mass is 612 g/mol. The van der Waals surface area contributed by atoms with E-state index >= 15 is 0 Å². The van der Waals surface area contributed by atoms with Crippen molar-refractivity contribution in [2.24, 2.45) is 0 Å². The lowest BCUT2D eigenvalue weighted by Crippen LogP contribution is -2.33. The summed E-state index contributed by atoms with van der Waals surface area (Å²) in [5, 5.41) is 9.52. The summed E-state index contributed by atoms with van der Waals surface area (Å²) >= 11 is 0. The molecule has 0 atom stereocenters. The zero-order valence-corrected chi connectivity index (χ0v) is 26.6. The maximum atomic E-state index is 13.1. The van der Waals surface area contributed by atoms with E-state index in [2.05, 4.69) is 25.9 Å². The van der Waals surface area contributed by atoms with Crippen LogP contribution in [-0.2, 0) is 4.74 Å². The molecule has 11 nitrogen and oxygen atoms in total. The molecule has 0 saturated carbocycles. The number of para-hydroxylation sites is 1. The number of fused-ring (bicyclic) bond motifs is 1. The number of aromatic nitrogens is 2. The molecule has 0 unspecified atom stereocenters. The van der Waals surface area contributed by atoms with E-state index in [1.165, 1.54) is 0 Å². The summed E-state index contributed by atoms with van der Waals surface area (Å²) in [5.74, 6) is 0.0976. The van der Waals surface area contributed by atoms with E-state index < -0.39 is 11.7 Å².